The second kappa shape index (κ2) is 4.10. The second-order valence-electron chi connectivity index (χ2n) is 3.67. The molecule has 0 bridgehead atoms. The summed E-state index contributed by atoms with van der Waals surface area (Å²) in [5.74, 6) is 0. The molecule has 0 spiro atoms. The zero-order chi connectivity index (χ0) is 11.7. The van der Waals surface area contributed by atoms with E-state index < -0.39 is 0 Å². The molecule has 0 aliphatic carbocycles. The molecule has 0 aliphatic rings. The summed E-state index contributed by atoms with van der Waals surface area (Å²) in [7, 11) is 0. The van der Waals surface area contributed by atoms with Crippen molar-refractivity contribution in [3.05, 3.63) is 46.2 Å². The van der Waals surface area contributed by atoms with E-state index in [1.165, 1.54) is 0 Å². The largest absolute Gasteiger partial charge is 0.298 e. The van der Waals surface area contributed by atoms with Crippen molar-refractivity contribution < 1.29 is 4.79 Å². The normalized spacial score (nSPS) is 10.4. The van der Waals surface area contributed by atoms with Crippen LogP contribution in [0, 0.1) is 13.8 Å². The van der Waals surface area contributed by atoms with Gasteiger partial charge in [0.15, 0.2) is 0 Å². The maximum Gasteiger partial charge on any atom is 0.150 e. The predicted molar refractivity (Wildman–Crippen MR) is 63.4 cm³/mol. The first-order chi connectivity index (χ1) is 7.61. The molecule has 2 rings (SSSR count). The highest BCUT2D eigenvalue weighted by Crippen LogP contribution is 2.18. The van der Waals surface area contributed by atoms with E-state index in [-0.39, 0.29) is 0 Å². The van der Waals surface area contributed by atoms with Crippen molar-refractivity contribution in [1.82, 2.24) is 9.78 Å². The maximum absolute atomic E-state index is 10.7. The third-order valence-corrected chi connectivity index (χ3v) is 2.85. The van der Waals surface area contributed by atoms with Crippen molar-refractivity contribution >= 4 is 17.9 Å². The third kappa shape index (κ3) is 1.86. The molecule has 0 fully saturated rings. The van der Waals surface area contributed by atoms with Gasteiger partial charge in [0.1, 0.15) is 6.29 Å². The van der Waals surface area contributed by atoms with E-state index in [0.29, 0.717) is 10.6 Å². The second-order valence-corrected chi connectivity index (χ2v) is 4.07. The molecule has 0 saturated carbocycles. The quantitative estimate of drug-likeness (QED) is 0.749. The molecule has 1 heterocycles. The van der Waals surface area contributed by atoms with Gasteiger partial charge in [0.05, 0.1) is 16.4 Å². The molecule has 1 aromatic carbocycles. The average Bonchev–Trinajstić information content (AvgIpc) is 2.59. The summed E-state index contributed by atoms with van der Waals surface area (Å²) in [6.07, 6.45) is 2.60. The fourth-order valence-electron chi connectivity index (χ4n) is 1.51. The van der Waals surface area contributed by atoms with Gasteiger partial charge in [-0.3, -0.25) is 4.79 Å². The van der Waals surface area contributed by atoms with Gasteiger partial charge in [-0.1, -0.05) is 11.6 Å². The number of benzene rings is 1. The van der Waals surface area contributed by atoms with E-state index in [4.69, 9.17) is 11.6 Å². The Labute approximate surface area is 98.7 Å². The Bertz CT molecular complexity index is 526. The van der Waals surface area contributed by atoms with E-state index in [1.54, 1.807) is 16.9 Å². The van der Waals surface area contributed by atoms with Crippen LogP contribution in [0.2, 0.25) is 5.02 Å². The molecule has 0 radical (unpaired) electrons. The van der Waals surface area contributed by atoms with Crippen LogP contribution in [0.4, 0.5) is 0 Å². The van der Waals surface area contributed by atoms with Crippen LogP contribution in [-0.4, -0.2) is 16.1 Å². The van der Waals surface area contributed by atoms with Gasteiger partial charge in [0, 0.05) is 11.8 Å². The van der Waals surface area contributed by atoms with E-state index >= 15 is 0 Å². The van der Waals surface area contributed by atoms with Crippen molar-refractivity contribution in [2.24, 2.45) is 0 Å². The van der Waals surface area contributed by atoms with Gasteiger partial charge in [0.25, 0.3) is 0 Å². The first-order valence-corrected chi connectivity index (χ1v) is 5.27. The molecule has 4 heteroatoms. The Morgan fingerprint density at radius 2 is 2.12 bits per heavy atom. The minimum Gasteiger partial charge on any atom is -0.298 e. The molecule has 0 atom stereocenters. The molecule has 1 aromatic heterocycles. The lowest BCUT2D eigenvalue weighted by Gasteiger charge is -2.04. The minimum atomic E-state index is 0.636. The number of aryl methyl sites for hydroxylation is 2. The van der Waals surface area contributed by atoms with Crippen LogP contribution in [0.5, 0.6) is 0 Å². The number of hydrogen-bond donors (Lipinski definition) is 0. The highest BCUT2D eigenvalue weighted by Gasteiger charge is 2.05. The van der Waals surface area contributed by atoms with Crippen LogP contribution < -0.4 is 0 Å². The zero-order valence-corrected chi connectivity index (χ0v) is 9.82. The SMILES string of the molecule is Cc1cc(-n2cc(Cl)c(C)n2)ccc1C=O. The number of hydrogen-bond acceptors (Lipinski definition) is 2. The van der Waals surface area contributed by atoms with Crippen molar-refractivity contribution in [2.75, 3.05) is 0 Å². The lowest BCUT2D eigenvalue weighted by Crippen LogP contribution is -1.97. The fourth-order valence-corrected chi connectivity index (χ4v) is 1.64. The van der Waals surface area contributed by atoms with E-state index in [1.807, 2.05) is 26.0 Å². The van der Waals surface area contributed by atoms with Crippen LogP contribution in [0.1, 0.15) is 21.6 Å². The van der Waals surface area contributed by atoms with Crippen molar-refractivity contribution in [3.8, 4) is 5.69 Å². The number of halogens is 1. The third-order valence-electron chi connectivity index (χ3n) is 2.48. The van der Waals surface area contributed by atoms with Crippen LogP contribution in [0.3, 0.4) is 0 Å². The van der Waals surface area contributed by atoms with Gasteiger partial charge in [-0.2, -0.15) is 5.10 Å². The number of nitrogens with zero attached hydrogens (tertiary/aromatic N) is 2. The Hall–Kier alpha value is -1.61. The van der Waals surface area contributed by atoms with Crippen molar-refractivity contribution in [3.63, 3.8) is 0 Å². The van der Waals surface area contributed by atoms with Gasteiger partial charge in [0.2, 0.25) is 0 Å². The summed E-state index contributed by atoms with van der Waals surface area (Å²) in [6.45, 7) is 3.75. The molecule has 0 aliphatic heterocycles. The molecule has 0 saturated heterocycles. The first-order valence-electron chi connectivity index (χ1n) is 4.90. The zero-order valence-electron chi connectivity index (χ0n) is 9.07. The Morgan fingerprint density at radius 1 is 1.38 bits per heavy atom. The van der Waals surface area contributed by atoms with Crippen molar-refractivity contribution in [2.45, 2.75) is 13.8 Å². The average molecular weight is 235 g/mol. The number of carbonyl (C=O) groups excluding carboxylic acids is 1. The molecule has 82 valence electrons. The van der Waals surface area contributed by atoms with Gasteiger partial charge < -0.3 is 0 Å². The molecular weight excluding hydrogens is 224 g/mol. The standard InChI is InChI=1S/C12H11ClN2O/c1-8-5-11(4-3-10(8)7-16)15-6-12(13)9(2)14-15/h3-7H,1-2H3. The van der Waals surface area contributed by atoms with E-state index in [0.717, 1.165) is 23.2 Å². The monoisotopic (exact) mass is 234 g/mol. The van der Waals surface area contributed by atoms with Crippen LogP contribution >= 0.6 is 11.6 Å². The summed E-state index contributed by atoms with van der Waals surface area (Å²) in [5, 5.41) is 4.91. The lowest BCUT2D eigenvalue weighted by molar-refractivity contribution is 0.112. The number of rotatable bonds is 2. The van der Waals surface area contributed by atoms with Gasteiger partial charge in [-0.15, -0.1) is 0 Å². The Kier molecular flexibility index (Phi) is 2.79. The van der Waals surface area contributed by atoms with Crippen LogP contribution in [-0.2, 0) is 0 Å². The summed E-state index contributed by atoms with van der Waals surface area (Å²) >= 11 is 5.94. The lowest BCUT2D eigenvalue weighted by atomic mass is 10.1. The summed E-state index contributed by atoms with van der Waals surface area (Å²) in [4.78, 5) is 10.7. The molecule has 0 amide bonds. The summed E-state index contributed by atoms with van der Waals surface area (Å²) in [6, 6.07) is 5.54. The Morgan fingerprint density at radius 3 is 2.62 bits per heavy atom. The van der Waals surface area contributed by atoms with Crippen molar-refractivity contribution in [1.29, 1.82) is 0 Å². The highest BCUT2D eigenvalue weighted by molar-refractivity contribution is 6.31. The number of aromatic nitrogens is 2. The molecule has 0 unspecified atom stereocenters. The molecule has 0 N–H and O–H groups in total. The van der Waals surface area contributed by atoms with E-state index in [2.05, 4.69) is 5.10 Å². The van der Waals surface area contributed by atoms with Gasteiger partial charge in [-0.25, -0.2) is 4.68 Å². The molecular formula is C12H11ClN2O. The maximum atomic E-state index is 10.7. The fraction of sp³-hybridized carbons (Fsp3) is 0.167. The number of aldehydes is 1. The van der Waals surface area contributed by atoms with Crippen LogP contribution in [0.25, 0.3) is 5.69 Å². The smallest absolute Gasteiger partial charge is 0.150 e. The molecule has 3 nitrogen and oxygen atoms in total. The Balaban J connectivity index is 2.48. The minimum absolute atomic E-state index is 0.636. The highest BCUT2D eigenvalue weighted by atomic mass is 35.5. The van der Waals surface area contributed by atoms with Gasteiger partial charge in [-0.05, 0) is 37.6 Å². The summed E-state index contributed by atoms with van der Waals surface area (Å²) < 4.78 is 1.71. The first kappa shape index (κ1) is 10.9. The van der Waals surface area contributed by atoms with Crippen LogP contribution in [0.15, 0.2) is 24.4 Å². The van der Waals surface area contributed by atoms with E-state index in [9.17, 15) is 4.79 Å². The molecule has 2 aromatic rings. The predicted octanol–water partition coefficient (Wildman–Crippen LogP) is 2.96. The summed E-state index contributed by atoms with van der Waals surface area (Å²) in [5.41, 5.74) is 3.31. The topological polar surface area (TPSA) is 34.9 Å². The number of carbonyl (C=O) groups is 1. The van der Waals surface area contributed by atoms with Gasteiger partial charge >= 0.3 is 0 Å². The molecule has 16 heavy (non-hydrogen) atoms.